The summed E-state index contributed by atoms with van der Waals surface area (Å²) >= 11 is 0. The number of methoxy groups -OCH3 is 1. The molecule has 1 heterocycles. The van der Waals surface area contributed by atoms with Crippen LogP contribution >= 0.6 is 0 Å². The second-order valence-electron chi connectivity index (χ2n) is 5.58. The van der Waals surface area contributed by atoms with E-state index in [1.807, 2.05) is 50.2 Å². The molecule has 0 aromatic heterocycles. The fourth-order valence-electron chi connectivity index (χ4n) is 2.74. The van der Waals surface area contributed by atoms with Crippen molar-refractivity contribution in [3.63, 3.8) is 0 Å². The first-order valence-corrected chi connectivity index (χ1v) is 7.26. The summed E-state index contributed by atoms with van der Waals surface area (Å²) in [6, 6.07) is 11.9. The Morgan fingerprint density at radius 2 is 1.95 bits per heavy atom. The van der Waals surface area contributed by atoms with E-state index in [1.165, 1.54) is 0 Å². The highest BCUT2D eigenvalue weighted by molar-refractivity contribution is 5.72. The van der Waals surface area contributed by atoms with E-state index in [0.29, 0.717) is 5.75 Å². The van der Waals surface area contributed by atoms with Crippen LogP contribution in [0.3, 0.4) is 0 Å². The number of aryl methyl sites for hydroxylation is 2. The zero-order valence-electron chi connectivity index (χ0n) is 13.0. The first-order chi connectivity index (χ1) is 10.6. The van der Waals surface area contributed by atoms with E-state index in [1.54, 1.807) is 7.11 Å². The molecule has 0 amide bonds. The molecule has 1 atom stereocenters. The van der Waals surface area contributed by atoms with Gasteiger partial charge in [0.2, 0.25) is 0 Å². The summed E-state index contributed by atoms with van der Waals surface area (Å²) in [6.07, 6.45) is 2.07. The van der Waals surface area contributed by atoms with Crippen LogP contribution in [0.15, 0.2) is 42.5 Å². The van der Waals surface area contributed by atoms with Crippen molar-refractivity contribution in [1.82, 2.24) is 10.9 Å². The van der Waals surface area contributed by atoms with E-state index in [-0.39, 0.29) is 6.04 Å². The van der Waals surface area contributed by atoms with Crippen LogP contribution in [0.2, 0.25) is 0 Å². The van der Waals surface area contributed by atoms with E-state index >= 15 is 0 Å². The summed E-state index contributed by atoms with van der Waals surface area (Å²) in [7, 11) is 1.66. The molecule has 0 saturated heterocycles. The lowest BCUT2D eigenvalue weighted by molar-refractivity contribution is 0.413. The summed E-state index contributed by atoms with van der Waals surface area (Å²) in [4.78, 5) is 0. The monoisotopic (exact) mass is 296 g/mol. The van der Waals surface area contributed by atoms with Gasteiger partial charge in [0.05, 0.1) is 18.8 Å². The predicted octanol–water partition coefficient (Wildman–Crippen LogP) is 3.21. The summed E-state index contributed by atoms with van der Waals surface area (Å²) in [5, 5.41) is 10.3. The smallest absolute Gasteiger partial charge is 0.127 e. The molecule has 4 heteroatoms. The van der Waals surface area contributed by atoms with Crippen LogP contribution in [0, 0.1) is 13.8 Å². The third-order valence-electron chi connectivity index (χ3n) is 3.88. The van der Waals surface area contributed by atoms with E-state index in [0.717, 1.165) is 33.7 Å². The summed E-state index contributed by atoms with van der Waals surface area (Å²) in [6.45, 7) is 3.94. The van der Waals surface area contributed by atoms with Crippen molar-refractivity contribution >= 4 is 5.70 Å². The van der Waals surface area contributed by atoms with E-state index < -0.39 is 0 Å². The molecule has 1 aliphatic rings. The van der Waals surface area contributed by atoms with Gasteiger partial charge in [-0.05, 0) is 54.8 Å². The van der Waals surface area contributed by atoms with Crippen LogP contribution in [0.5, 0.6) is 11.5 Å². The molecule has 0 spiro atoms. The van der Waals surface area contributed by atoms with E-state index in [2.05, 4.69) is 16.9 Å². The minimum Gasteiger partial charge on any atom is -0.507 e. The third-order valence-corrected chi connectivity index (χ3v) is 3.88. The number of ether oxygens (including phenoxy) is 1. The number of phenols is 1. The van der Waals surface area contributed by atoms with Gasteiger partial charge in [0, 0.05) is 5.56 Å². The second kappa shape index (κ2) is 5.73. The molecule has 2 aromatic rings. The van der Waals surface area contributed by atoms with Gasteiger partial charge in [0.25, 0.3) is 0 Å². The Morgan fingerprint density at radius 1 is 1.14 bits per heavy atom. The van der Waals surface area contributed by atoms with E-state index in [9.17, 15) is 5.11 Å². The molecule has 0 fully saturated rings. The minimum atomic E-state index is 0.0327. The van der Waals surface area contributed by atoms with E-state index in [4.69, 9.17) is 4.74 Å². The highest BCUT2D eigenvalue weighted by Crippen LogP contribution is 2.32. The van der Waals surface area contributed by atoms with Crippen molar-refractivity contribution in [2.75, 3.05) is 7.11 Å². The van der Waals surface area contributed by atoms with Crippen LogP contribution < -0.4 is 15.6 Å². The van der Waals surface area contributed by atoms with Gasteiger partial charge >= 0.3 is 0 Å². The van der Waals surface area contributed by atoms with Crippen molar-refractivity contribution in [2.24, 2.45) is 0 Å². The fraction of sp³-hybridized carbons (Fsp3) is 0.222. The molecular weight excluding hydrogens is 276 g/mol. The highest BCUT2D eigenvalue weighted by atomic mass is 16.5. The lowest BCUT2D eigenvalue weighted by atomic mass is 10.0. The molecule has 22 heavy (non-hydrogen) atoms. The molecule has 114 valence electrons. The molecule has 0 aliphatic carbocycles. The minimum absolute atomic E-state index is 0.0327. The number of hydrogen-bond acceptors (Lipinski definition) is 4. The van der Waals surface area contributed by atoms with Gasteiger partial charge in [-0.25, -0.2) is 5.43 Å². The number of rotatable bonds is 3. The van der Waals surface area contributed by atoms with Crippen LogP contribution in [-0.2, 0) is 0 Å². The Balaban J connectivity index is 1.94. The van der Waals surface area contributed by atoms with Crippen molar-refractivity contribution in [1.29, 1.82) is 0 Å². The Morgan fingerprint density at radius 3 is 2.73 bits per heavy atom. The maximum Gasteiger partial charge on any atom is 0.127 e. The molecule has 3 N–H and O–H groups in total. The first-order valence-electron chi connectivity index (χ1n) is 7.26. The maximum atomic E-state index is 10.3. The quantitative estimate of drug-likeness (QED) is 0.814. The van der Waals surface area contributed by atoms with Crippen molar-refractivity contribution in [3.8, 4) is 11.5 Å². The zero-order valence-corrected chi connectivity index (χ0v) is 13.0. The van der Waals surface area contributed by atoms with Crippen LogP contribution in [0.1, 0.15) is 28.3 Å². The number of aromatic hydroxyl groups is 1. The topological polar surface area (TPSA) is 53.5 Å². The Kier molecular flexibility index (Phi) is 3.77. The van der Waals surface area contributed by atoms with Crippen molar-refractivity contribution in [2.45, 2.75) is 19.9 Å². The van der Waals surface area contributed by atoms with Gasteiger partial charge < -0.3 is 15.3 Å². The molecule has 4 nitrogen and oxygen atoms in total. The predicted molar refractivity (Wildman–Crippen MR) is 87.6 cm³/mol. The largest absolute Gasteiger partial charge is 0.507 e. The van der Waals surface area contributed by atoms with Crippen LogP contribution in [0.25, 0.3) is 5.70 Å². The third kappa shape index (κ3) is 2.65. The number of hydrogen-bond donors (Lipinski definition) is 3. The molecule has 2 aromatic carbocycles. The summed E-state index contributed by atoms with van der Waals surface area (Å²) < 4.78 is 5.27. The van der Waals surface area contributed by atoms with Gasteiger partial charge in [-0.15, -0.1) is 0 Å². The average Bonchev–Trinajstić information content (AvgIpc) is 3.00. The van der Waals surface area contributed by atoms with Crippen LogP contribution in [-0.4, -0.2) is 12.2 Å². The van der Waals surface area contributed by atoms with Crippen LogP contribution in [0.4, 0.5) is 0 Å². The molecule has 0 radical (unpaired) electrons. The Hall–Kier alpha value is -2.46. The number of hydrazine groups is 1. The summed E-state index contributed by atoms with van der Waals surface area (Å²) in [5.41, 5.74) is 11.2. The normalized spacial score (nSPS) is 17.0. The average molecular weight is 296 g/mol. The molecule has 1 aliphatic heterocycles. The Bertz CT molecular complexity index is 738. The van der Waals surface area contributed by atoms with Crippen molar-refractivity contribution < 1.29 is 9.84 Å². The van der Waals surface area contributed by atoms with Gasteiger partial charge in [-0.2, -0.15) is 0 Å². The molecule has 0 unspecified atom stereocenters. The van der Waals surface area contributed by atoms with Crippen molar-refractivity contribution in [3.05, 3.63) is 64.7 Å². The first kappa shape index (κ1) is 14.5. The van der Waals surface area contributed by atoms with Gasteiger partial charge in [-0.3, -0.25) is 0 Å². The molecule has 3 rings (SSSR count). The molecule has 0 bridgehead atoms. The highest BCUT2D eigenvalue weighted by Gasteiger charge is 2.20. The fourth-order valence-corrected chi connectivity index (χ4v) is 2.74. The lowest BCUT2D eigenvalue weighted by Gasteiger charge is -2.11. The lowest BCUT2D eigenvalue weighted by Crippen LogP contribution is -2.26. The van der Waals surface area contributed by atoms with Gasteiger partial charge in [0.15, 0.2) is 0 Å². The SMILES string of the molecule is COc1cccc([C@H]2C=C(c3cc(C)cc(C)c3O)NN2)c1. The maximum absolute atomic E-state index is 10.3. The van der Waals surface area contributed by atoms with Gasteiger partial charge in [-0.1, -0.05) is 18.2 Å². The van der Waals surface area contributed by atoms with Gasteiger partial charge in [0.1, 0.15) is 11.5 Å². The number of nitrogens with one attached hydrogen (secondary N) is 2. The number of phenolic OH excluding ortho intramolecular Hbond substituents is 1. The zero-order chi connectivity index (χ0) is 15.7. The summed E-state index contributed by atoms with van der Waals surface area (Å²) in [5.74, 6) is 1.15. The molecule has 0 saturated carbocycles. The standard InChI is InChI=1S/C18H20N2O2/c1-11-7-12(2)18(21)15(8-11)17-10-16(19-20-17)13-5-4-6-14(9-13)22-3/h4-10,16,19-21H,1-3H3/t16-/m1/s1. The Labute approximate surface area is 130 Å². The second-order valence-corrected chi connectivity index (χ2v) is 5.58. The number of benzene rings is 2. The molecular formula is C18H20N2O2.